The molecule has 0 amide bonds. The van der Waals surface area contributed by atoms with E-state index in [4.69, 9.17) is 19.2 Å². The summed E-state index contributed by atoms with van der Waals surface area (Å²) in [6.07, 6.45) is 0. The van der Waals surface area contributed by atoms with Gasteiger partial charge in [-0.1, -0.05) is 0 Å². The van der Waals surface area contributed by atoms with Crippen LogP contribution in [0.4, 0.5) is 0 Å². The monoisotopic (exact) mass is 197 g/mol. The fraction of sp³-hybridized carbons (Fsp3) is 0. The Morgan fingerprint density at radius 2 is 1.12 bits per heavy atom. The Labute approximate surface area is 142 Å². The summed E-state index contributed by atoms with van der Waals surface area (Å²) in [6.45, 7) is 0. The first-order valence-corrected chi connectivity index (χ1v) is 2.19. The van der Waals surface area contributed by atoms with Gasteiger partial charge in [0.05, 0.1) is 0 Å². The largest absolute Gasteiger partial charge is 2.00 e. The Balaban J connectivity index is -0.0000000267. The molecule has 32 valence electrons. The molecule has 0 aromatic heterocycles. The molecule has 0 heterocycles. The van der Waals surface area contributed by atoms with Crippen molar-refractivity contribution in [2.45, 2.75) is 0 Å². The van der Waals surface area contributed by atoms with Crippen LogP contribution in [0, 0.1) is 0 Å². The Hall–Kier alpha value is 4.01. The van der Waals surface area contributed by atoms with E-state index in [9.17, 15) is 0 Å². The molecule has 0 radical (unpaired) electrons. The van der Waals surface area contributed by atoms with Gasteiger partial charge in [0.2, 0.25) is 0 Å². The van der Waals surface area contributed by atoms with Crippen molar-refractivity contribution in [2.75, 3.05) is 0 Å². The Morgan fingerprint density at radius 3 is 1.12 bits per heavy atom. The van der Waals surface area contributed by atoms with Crippen molar-refractivity contribution in [3.8, 4) is 0 Å². The summed E-state index contributed by atoms with van der Waals surface area (Å²) in [5.41, 5.74) is 0. The Morgan fingerprint density at radius 1 is 1.12 bits per heavy atom. The molecule has 4 nitrogen and oxygen atoms in total. The maximum atomic E-state index is 8.55. The maximum absolute atomic E-state index is 8.55. The molecule has 0 aromatic carbocycles. The molecule has 0 fully saturated rings. The average molecular weight is 197 g/mol. The first-order valence-electron chi connectivity index (χ1n) is 0.730. The van der Waals surface area contributed by atoms with Crippen LogP contribution in [-0.2, 0) is 4.57 Å². The molecule has 0 saturated heterocycles. The normalized spacial score (nSPS) is 7.38. The Kier molecular flexibility index (Phi) is 31.2. The summed E-state index contributed by atoms with van der Waals surface area (Å²) < 4.78 is 8.55. The quantitative estimate of drug-likeness (QED) is 0.285. The zero-order valence-corrected chi connectivity index (χ0v) is 13.0. The van der Waals surface area contributed by atoms with E-state index in [0.29, 0.717) is 0 Å². The second kappa shape index (κ2) is 11.0. The van der Waals surface area contributed by atoms with E-state index in [2.05, 4.69) is 0 Å². The predicted molar refractivity (Wildman–Crippen MR) is 13.4 cm³/mol. The minimum absolute atomic E-state index is 0. The number of rotatable bonds is 0. The van der Waals surface area contributed by atoms with E-state index in [-0.39, 0.29) is 119 Å². The van der Waals surface area contributed by atoms with Gasteiger partial charge in [-0.05, 0) is 0 Å². The number of phosphoric acid groups is 1. The van der Waals surface area contributed by atoms with Crippen molar-refractivity contribution in [1.82, 2.24) is 0 Å². The van der Waals surface area contributed by atoms with E-state index in [0.717, 1.165) is 0 Å². The van der Waals surface area contributed by atoms with Crippen LogP contribution in [0.2, 0.25) is 0 Å². The first-order chi connectivity index (χ1) is 2.00. The van der Waals surface area contributed by atoms with Gasteiger partial charge >= 0.3 is 119 Å². The average Bonchev–Trinajstić information content (AvgIpc) is 0.722. The van der Waals surface area contributed by atoms with Gasteiger partial charge in [-0.15, -0.1) is 0 Å². The molecule has 0 unspecified atom stereocenters. The van der Waals surface area contributed by atoms with Crippen molar-refractivity contribution in [2.24, 2.45) is 0 Å². The summed E-state index contributed by atoms with van der Waals surface area (Å²) in [6, 6.07) is 0. The minimum atomic E-state index is -5.39. The van der Waals surface area contributed by atoms with Gasteiger partial charge in [0.15, 0.2) is 0 Å². The van der Waals surface area contributed by atoms with Crippen molar-refractivity contribution < 1.29 is 100 Å². The van der Waals surface area contributed by atoms with Crippen molar-refractivity contribution >= 4 is 45.6 Å². The molecule has 0 saturated carbocycles. The van der Waals surface area contributed by atoms with Crippen LogP contribution in [0.3, 0.4) is 0 Å². The zero-order valence-electron chi connectivity index (χ0n) is 4.79. The molecule has 0 bridgehead atoms. The fourth-order valence-corrected chi connectivity index (χ4v) is 0. The van der Waals surface area contributed by atoms with Crippen LogP contribution in [0.25, 0.3) is 0 Å². The molecule has 0 aliphatic rings. The summed E-state index contributed by atoms with van der Waals surface area (Å²) in [4.78, 5) is 25.6. The topological polar surface area (TPSA) is 86.2 Å². The van der Waals surface area contributed by atoms with Crippen molar-refractivity contribution in [1.29, 1.82) is 0 Å². The predicted octanol–water partition coefficient (Wildman–Crippen LogP) is -9.20. The number of hydrogen-bond acceptors (Lipinski definition) is 4. The smallest absolute Gasteiger partial charge is 0.822 e. The standard InChI is InChI=1S/Ca.K.Na.H3O4P/c;;;1-5(2,3)4/h;;;(H3,1,2,3,4)/q+2;2*+1;/p-3. The van der Waals surface area contributed by atoms with E-state index < -0.39 is 7.82 Å². The summed E-state index contributed by atoms with van der Waals surface area (Å²) in [7, 11) is -5.39. The van der Waals surface area contributed by atoms with Crippen molar-refractivity contribution in [3.63, 3.8) is 0 Å². The Bertz CT molecular complexity index is 62.2. The van der Waals surface area contributed by atoms with E-state index >= 15 is 0 Å². The molecule has 0 spiro atoms. The van der Waals surface area contributed by atoms with E-state index in [1.807, 2.05) is 0 Å². The van der Waals surface area contributed by atoms with Gasteiger partial charge in [0.25, 0.3) is 0 Å². The molecule has 0 rings (SSSR count). The van der Waals surface area contributed by atoms with Crippen LogP contribution < -0.4 is 95.6 Å². The third-order valence-electron chi connectivity index (χ3n) is 0. The number of hydrogen-bond donors (Lipinski definition) is 0. The summed E-state index contributed by atoms with van der Waals surface area (Å²) in [5.74, 6) is 0. The van der Waals surface area contributed by atoms with Crippen LogP contribution in [0.5, 0.6) is 0 Å². The first kappa shape index (κ1) is 22.7. The molecule has 0 atom stereocenters. The van der Waals surface area contributed by atoms with Crippen LogP contribution >= 0.6 is 7.82 Å². The molecular weight excluding hydrogens is 197 g/mol. The van der Waals surface area contributed by atoms with Crippen molar-refractivity contribution in [3.05, 3.63) is 0 Å². The summed E-state index contributed by atoms with van der Waals surface area (Å²) >= 11 is 0. The second-order valence-corrected chi connectivity index (χ2v) is 1.34. The van der Waals surface area contributed by atoms with Gasteiger partial charge in [-0.2, -0.15) is 7.82 Å². The maximum Gasteiger partial charge on any atom is 2.00 e. The van der Waals surface area contributed by atoms with Gasteiger partial charge in [0.1, 0.15) is 0 Å². The second-order valence-electron chi connectivity index (χ2n) is 0.447. The molecule has 0 aromatic rings. The molecule has 0 N–H and O–H groups in total. The minimum Gasteiger partial charge on any atom is -0.822 e. The molecule has 8 heavy (non-hydrogen) atoms. The molecule has 0 aliphatic heterocycles. The van der Waals surface area contributed by atoms with E-state index in [1.54, 1.807) is 0 Å². The van der Waals surface area contributed by atoms with Gasteiger partial charge in [-0.25, -0.2) is 0 Å². The molecular formula is CaKNaO4P+. The fourth-order valence-electron chi connectivity index (χ4n) is 0. The van der Waals surface area contributed by atoms with Crippen LogP contribution in [0.1, 0.15) is 0 Å². The van der Waals surface area contributed by atoms with Gasteiger partial charge in [-0.3, -0.25) is 0 Å². The zero-order chi connectivity index (χ0) is 4.50. The van der Waals surface area contributed by atoms with Gasteiger partial charge in [0, 0.05) is 0 Å². The summed E-state index contributed by atoms with van der Waals surface area (Å²) in [5, 5.41) is 0. The molecule has 8 heteroatoms. The third kappa shape index (κ3) is 50.6. The third-order valence-corrected chi connectivity index (χ3v) is 0. The van der Waals surface area contributed by atoms with Gasteiger partial charge < -0.3 is 19.2 Å². The van der Waals surface area contributed by atoms with Crippen LogP contribution in [-0.4, -0.2) is 37.7 Å². The van der Waals surface area contributed by atoms with Crippen LogP contribution in [0.15, 0.2) is 0 Å². The molecule has 0 aliphatic carbocycles. The SMILES string of the molecule is O=P([O-])([O-])[O-].[Ca+2].[K+].[Na+]. The van der Waals surface area contributed by atoms with E-state index in [1.165, 1.54) is 0 Å².